The number of rotatable bonds is 6. The van der Waals surface area contributed by atoms with Crippen molar-refractivity contribution in [3.63, 3.8) is 0 Å². The molecule has 5 saturated carbocycles. The Morgan fingerprint density at radius 1 is 0.477 bits per heavy atom. The van der Waals surface area contributed by atoms with Gasteiger partial charge < -0.3 is 29.5 Å². The molecule has 3 aromatic heterocycles. The van der Waals surface area contributed by atoms with Gasteiger partial charge in [0.05, 0.1) is 22.6 Å². The Morgan fingerprint density at radius 3 is 1.45 bits per heavy atom. The Labute approximate surface area is 511 Å². The molecule has 6 heterocycles. The number of ether oxygens (including phenoxy) is 3. The second-order valence-electron chi connectivity index (χ2n) is 27.7. The summed E-state index contributed by atoms with van der Waals surface area (Å²) in [7, 11) is 0. The standard InChI is InChI=1S/C27H27NO4.C23H25NO4.C23H23NO4/c1-27-6-4-18-11-20-22(30)8-15(14-29)9-24(20)32-26(18)21(27)12-23(31)25(27)17-2-3-19-13-28-7-5-16(19)10-17;2*1-23-5-4-14-9-16-18(26)7-13(12-25)8-20(16)28-22(14)17(23)10-19(27)21(23)15-3-2-6-24-11-15/h2-3,5,7,10-11,13,15,21,25-26,29H,4,6,8-9,12,14H2,1H3;2-3,6,9,11,13,17,21-22,25H,4-5,7-8,10,12H2,1H3;2-6,9,11,13,17,21-22,25H,7-8,10,12H2,1H3/t15?,21-,25-,26+,27-;2*13?,17-,21-,22+,23-/m000/s1. The molecule has 0 spiro atoms. The third kappa shape index (κ3) is 9.67. The third-order valence-corrected chi connectivity index (χ3v) is 22.6. The second-order valence-corrected chi connectivity index (χ2v) is 27.7. The van der Waals surface area contributed by atoms with E-state index in [0.29, 0.717) is 91.8 Å². The monoisotopic (exact) mass is 1190 g/mol. The quantitative estimate of drug-likeness (QED) is 0.163. The number of aliphatic hydroxyl groups is 3. The van der Waals surface area contributed by atoms with E-state index in [1.807, 2.05) is 67.0 Å². The van der Waals surface area contributed by atoms with Gasteiger partial charge in [0.2, 0.25) is 0 Å². The van der Waals surface area contributed by atoms with Crippen molar-refractivity contribution >= 4 is 45.5 Å². The summed E-state index contributed by atoms with van der Waals surface area (Å²) in [4.78, 5) is 89.7. The number of ketones is 6. The van der Waals surface area contributed by atoms with E-state index >= 15 is 0 Å². The number of allylic oxidation sites excluding steroid dienone is 10. The van der Waals surface area contributed by atoms with Crippen molar-refractivity contribution in [2.75, 3.05) is 19.8 Å². The molecule has 4 aromatic rings. The van der Waals surface area contributed by atoms with Gasteiger partial charge in [-0.15, -0.1) is 0 Å². The summed E-state index contributed by atoms with van der Waals surface area (Å²) in [5.41, 5.74) is 7.59. The fourth-order valence-corrected chi connectivity index (χ4v) is 17.9. The first-order chi connectivity index (χ1) is 42.5. The van der Waals surface area contributed by atoms with E-state index in [-0.39, 0.29) is 142 Å². The lowest BCUT2D eigenvalue weighted by atomic mass is 9.61. The molecule has 454 valence electrons. The summed E-state index contributed by atoms with van der Waals surface area (Å²) < 4.78 is 19.3. The molecule has 3 N–H and O–H groups in total. The van der Waals surface area contributed by atoms with Crippen molar-refractivity contribution in [1.29, 1.82) is 0 Å². The van der Waals surface area contributed by atoms with Crippen molar-refractivity contribution < 1.29 is 58.3 Å². The maximum atomic E-state index is 13.4. The largest absolute Gasteiger partial charge is 0.489 e. The fourth-order valence-electron chi connectivity index (χ4n) is 17.9. The summed E-state index contributed by atoms with van der Waals surface area (Å²) in [6.07, 6.45) is 28.2. The van der Waals surface area contributed by atoms with Crippen molar-refractivity contribution in [3.8, 4) is 0 Å². The van der Waals surface area contributed by atoms with Crippen molar-refractivity contribution in [2.24, 2.45) is 51.8 Å². The number of pyridine rings is 3. The Balaban J connectivity index is 0.000000116. The summed E-state index contributed by atoms with van der Waals surface area (Å²) in [5, 5.41) is 30.8. The van der Waals surface area contributed by atoms with Crippen LogP contribution in [0.25, 0.3) is 10.8 Å². The van der Waals surface area contributed by atoms with Crippen LogP contribution in [0.1, 0.15) is 139 Å². The first-order valence-corrected chi connectivity index (χ1v) is 31.6. The molecule has 16 rings (SSSR count). The van der Waals surface area contributed by atoms with Crippen LogP contribution in [0.3, 0.4) is 0 Å². The van der Waals surface area contributed by atoms with Gasteiger partial charge in [-0.25, -0.2) is 0 Å². The van der Waals surface area contributed by atoms with Gasteiger partial charge in [-0.3, -0.25) is 43.7 Å². The average molecular weight is 1190 g/mol. The van der Waals surface area contributed by atoms with Gasteiger partial charge in [0.25, 0.3) is 0 Å². The predicted octanol–water partition coefficient (Wildman–Crippen LogP) is 10.2. The highest BCUT2D eigenvalue weighted by atomic mass is 16.5. The SMILES string of the molecule is C[C@]12C=CC3=CC4=C(CC(CO)CC4=O)O[C@H]3[C@@H]1CC(=O)[C@@H]2c1cccnc1.C[C@]12CCC3=CC4=C(CC(CO)CC4=O)O[C@H]3[C@@H]1CC(=O)[C@@H]2c1ccc2cnccc2c1.C[C@]12CCC3=CC4=C(CC(CO)CC4=O)O[C@H]3[C@@H]1CC(=O)[C@@H]2c1cccnc1. The van der Waals surface area contributed by atoms with Gasteiger partial charge in [-0.05, 0) is 129 Å². The van der Waals surface area contributed by atoms with E-state index in [9.17, 15) is 44.1 Å². The molecule has 15 nitrogen and oxygen atoms in total. The molecule has 0 radical (unpaired) electrons. The van der Waals surface area contributed by atoms with Gasteiger partial charge in [0, 0.05) is 155 Å². The number of fused-ring (bicyclic) bond motifs is 10. The van der Waals surface area contributed by atoms with Crippen LogP contribution < -0.4 is 0 Å². The molecule has 3 aliphatic heterocycles. The van der Waals surface area contributed by atoms with Crippen LogP contribution in [-0.4, -0.2) is 103 Å². The van der Waals surface area contributed by atoms with E-state index in [0.717, 1.165) is 69.9 Å². The number of aromatic nitrogens is 3. The molecule has 88 heavy (non-hydrogen) atoms. The van der Waals surface area contributed by atoms with Crippen molar-refractivity contribution in [2.45, 2.75) is 140 Å². The average Bonchev–Trinajstić information content (AvgIpc) is 1.63. The highest BCUT2D eigenvalue weighted by molar-refractivity contribution is 6.02. The molecule has 1 aromatic carbocycles. The maximum Gasteiger partial charge on any atom is 0.166 e. The van der Waals surface area contributed by atoms with E-state index in [2.05, 4.69) is 60.0 Å². The minimum absolute atomic E-state index is 0.00414. The number of nitrogens with zero attached hydrogens (tertiary/aromatic N) is 3. The minimum Gasteiger partial charge on any atom is -0.489 e. The lowest BCUT2D eigenvalue weighted by molar-refractivity contribution is -0.120. The number of carbonyl (C=O) groups is 6. The van der Waals surface area contributed by atoms with Crippen molar-refractivity contribution in [3.05, 3.63) is 183 Å². The predicted molar refractivity (Wildman–Crippen MR) is 324 cm³/mol. The molecule has 0 bridgehead atoms. The van der Waals surface area contributed by atoms with Crippen molar-refractivity contribution in [1.82, 2.24) is 15.0 Å². The van der Waals surface area contributed by atoms with Crippen LogP contribution in [-0.2, 0) is 43.0 Å². The molecule has 15 atom stereocenters. The summed E-state index contributed by atoms with van der Waals surface area (Å²) in [5.74, 6) is 2.47. The molecule has 15 heteroatoms. The zero-order valence-electron chi connectivity index (χ0n) is 50.1. The highest BCUT2D eigenvalue weighted by Crippen LogP contribution is 2.63. The third-order valence-electron chi connectivity index (χ3n) is 22.6. The normalized spacial score (nSPS) is 35.7. The summed E-state index contributed by atoms with van der Waals surface area (Å²) >= 11 is 0. The van der Waals surface area contributed by atoms with Gasteiger partial charge in [0.15, 0.2) is 17.3 Å². The lowest BCUT2D eigenvalue weighted by Gasteiger charge is -2.47. The van der Waals surface area contributed by atoms with Gasteiger partial charge in [-0.1, -0.05) is 63.3 Å². The number of aliphatic hydroxyl groups excluding tert-OH is 3. The zero-order chi connectivity index (χ0) is 61.0. The number of Topliss-reactive ketones (excluding diaryl/α,β-unsaturated/α-hetero) is 6. The molecule has 12 aliphatic rings. The maximum absolute atomic E-state index is 13.4. The lowest BCUT2D eigenvalue weighted by Crippen LogP contribution is -2.44. The fraction of sp³-hybridized carbons (Fsp3) is 0.466. The summed E-state index contributed by atoms with van der Waals surface area (Å²) in [6, 6.07) is 16.0. The number of carbonyl (C=O) groups excluding carboxylic acids is 6. The molecule has 0 amide bonds. The van der Waals surface area contributed by atoms with Crippen LogP contribution in [0.4, 0.5) is 0 Å². The Bertz CT molecular complexity index is 3840. The topological polar surface area (TPSA) is 229 Å². The van der Waals surface area contributed by atoms with E-state index < -0.39 is 0 Å². The van der Waals surface area contributed by atoms with Gasteiger partial charge in [0.1, 0.15) is 52.9 Å². The number of hydrogen-bond donors (Lipinski definition) is 3. The van der Waals surface area contributed by atoms with Crippen LogP contribution in [0.2, 0.25) is 0 Å². The molecular formula is C73H75N3O12. The van der Waals surface area contributed by atoms with Crippen LogP contribution in [0.5, 0.6) is 0 Å². The molecular weight excluding hydrogens is 1110 g/mol. The van der Waals surface area contributed by atoms with Crippen LogP contribution >= 0.6 is 0 Å². The number of benzene rings is 1. The van der Waals surface area contributed by atoms with E-state index in [1.54, 1.807) is 24.8 Å². The van der Waals surface area contributed by atoms with E-state index in [1.165, 1.54) is 0 Å². The number of hydrogen-bond acceptors (Lipinski definition) is 15. The Morgan fingerprint density at radius 2 is 0.943 bits per heavy atom. The first kappa shape index (κ1) is 58.1. The van der Waals surface area contributed by atoms with Crippen LogP contribution in [0.15, 0.2) is 167 Å². The molecule has 3 unspecified atom stereocenters. The Kier molecular flexibility index (Phi) is 14.8. The molecule has 0 saturated heterocycles. The van der Waals surface area contributed by atoms with E-state index in [4.69, 9.17) is 14.2 Å². The molecule has 9 aliphatic carbocycles. The second kappa shape index (κ2) is 22.5. The van der Waals surface area contributed by atoms with Crippen LogP contribution in [0, 0.1) is 51.8 Å². The highest BCUT2D eigenvalue weighted by Gasteiger charge is 2.61. The molecule has 5 fully saturated rings. The van der Waals surface area contributed by atoms with Gasteiger partial charge in [-0.2, -0.15) is 0 Å². The minimum atomic E-state index is -0.352. The Hall–Kier alpha value is -7.59. The summed E-state index contributed by atoms with van der Waals surface area (Å²) in [6.45, 7) is 6.56. The first-order valence-electron chi connectivity index (χ1n) is 31.6. The van der Waals surface area contributed by atoms with Gasteiger partial charge >= 0.3 is 0 Å². The zero-order valence-corrected chi connectivity index (χ0v) is 50.1. The smallest absolute Gasteiger partial charge is 0.166 e.